The standard InChI is InChI=1S/C10H13O.Zr/c1-10(2,11)8-9-6-4-3-5-7-9;/h3-7H,8H2,1-2H3;/q-1;+1. The molecule has 12 heavy (non-hydrogen) atoms. The van der Waals surface area contributed by atoms with Crippen molar-refractivity contribution < 1.29 is 28.0 Å². The molecule has 0 amide bonds. The molecule has 0 spiro atoms. The molecule has 1 aromatic carbocycles. The molecule has 1 nitrogen and oxygen atoms in total. The van der Waals surface area contributed by atoms with Gasteiger partial charge < -0.3 is 0 Å². The van der Waals surface area contributed by atoms with Gasteiger partial charge in [0.25, 0.3) is 0 Å². The Hall–Kier alpha value is 0.0631. The number of hydrogen-bond acceptors (Lipinski definition) is 1. The van der Waals surface area contributed by atoms with Gasteiger partial charge in [0.2, 0.25) is 0 Å². The minimum atomic E-state index is -0.0142. The second kappa shape index (κ2) is 4.34. The van der Waals surface area contributed by atoms with Gasteiger partial charge >= 0.3 is 89.7 Å². The van der Waals surface area contributed by atoms with Crippen molar-refractivity contribution >= 4 is 0 Å². The SMILES string of the molecule is CC(C)(Cc1ccccc1)[O][Zr]. The molecule has 63 valence electrons. The van der Waals surface area contributed by atoms with Gasteiger partial charge in [-0.25, -0.2) is 0 Å². The fourth-order valence-electron chi connectivity index (χ4n) is 1.12. The van der Waals surface area contributed by atoms with Crippen LogP contribution >= 0.6 is 0 Å². The summed E-state index contributed by atoms with van der Waals surface area (Å²) in [6.45, 7) is 4.24. The molecule has 0 aliphatic heterocycles. The molecule has 0 aromatic heterocycles. The van der Waals surface area contributed by atoms with E-state index in [0.29, 0.717) is 0 Å². The van der Waals surface area contributed by atoms with Crippen molar-refractivity contribution in [3.63, 3.8) is 0 Å². The van der Waals surface area contributed by atoms with Crippen LogP contribution < -0.4 is 0 Å². The van der Waals surface area contributed by atoms with Gasteiger partial charge in [0.15, 0.2) is 0 Å². The third kappa shape index (κ3) is 3.20. The zero-order chi connectivity index (χ0) is 9.03. The van der Waals surface area contributed by atoms with Crippen molar-refractivity contribution in [1.29, 1.82) is 0 Å². The van der Waals surface area contributed by atoms with E-state index in [1.165, 1.54) is 5.56 Å². The predicted octanol–water partition coefficient (Wildman–Crippen LogP) is 2.49. The Morgan fingerprint density at radius 1 is 1.25 bits per heavy atom. The molecular weight excluding hydrogens is 227 g/mol. The summed E-state index contributed by atoms with van der Waals surface area (Å²) in [6.07, 6.45) is 0.985. The quantitative estimate of drug-likeness (QED) is 0.789. The van der Waals surface area contributed by atoms with Crippen LogP contribution in [0.15, 0.2) is 30.3 Å². The molecule has 0 unspecified atom stereocenters. The molecule has 0 aliphatic carbocycles. The monoisotopic (exact) mass is 239 g/mol. The Morgan fingerprint density at radius 3 is 2.33 bits per heavy atom. The molecule has 0 N–H and O–H groups in total. The van der Waals surface area contributed by atoms with E-state index in [9.17, 15) is 0 Å². The maximum absolute atomic E-state index is 5.43. The molecule has 0 radical (unpaired) electrons. The molecule has 1 aromatic rings. The van der Waals surface area contributed by atoms with Gasteiger partial charge in [-0.3, -0.25) is 0 Å². The summed E-state index contributed by atoms with van der Waals surface area (Å²) in [5.74, 6) is 0. The fourth-order valence-corrected chi connectivity index (χ4v) is 1.30. The van der Waals surface area contributed by atoms with Gasteiger partial charge in [0, 0.05) is 0 Å². The Bertz CT molecular complexity index is 231. The first-order valence-electron chi connectivity index (χ1n) is 4.03. The van der Waals surface area contributed by atoms with E-state index in [1.54, 1.807) is 0 Å². The van der Waals surface area contributed by atoms with Crippen LogP contribution in [0.25, 0.3) is 0 Å². The molecule has 0 bridgehead atoms. The van der Waals surface area contributed by atoms with Crippen molar-refractivity contribution in [1.82, 2.24) is 0 Å². The van der Waals surface area contributed by atoms with Crippen LogP contribution in [-0.4, -0.2) is 5.60 Å². The Labute approximate surface area is 89.6 Å². The molecular formula is C10H13OZr. The summed E-state index contributed by atoms with van der Waals surface area (Å²) < 4.78 is 5.43. The summed E-state index contributed by atoms with van der Waals surface area (Å²) in [6, 6.07) is 10.4. The van der Waals surface area contributed by atoms with E-state index in [1.807, 2.05) is 6.07 Å². The van der Waals surface area contributed by atoms with Crippen LogP contribution in [0.5, 0.6) is 0 Å². The first-order valence-corrected chi connectivity index (χ1v) is 5.03. The van der Waals surface area contributed by atoms with Crippen molar-refractivity contribution in [2.45, 2.75) is 25.9 Å². The molecule has 2 heteroatoms. The van der Waals surface area contributed by atoms with Crippen LogP contribution in [-0.2, 0) is 34.4 Å². The fraction of sp³-hybridized carbons (Fsp3) is 0.400. The van der Waals surface area contributed by atoms with Crippen LogP contribution in [0, 0.1) is 0 Å². The van der Waals surface area contributed by atoms with Crippen molar-refractivity contribution in [2.24, 2.45) is 0 Å². The van der Waals surface area contributed by atoms with E-state index >= 15 is 0 Å². The summed E-state index contributed by atoms with van der Waals surface area (Å²) in [5, 5.41) is 0. The third-order valence-corrected chi connectivity index (χ3v) is 3.11. The molecule has 1 rings (SSSR count). The molecule has 0 fully saturated rings. The van der Waals surface area contributed by atoms with Crippen LogP contribution in [0.3, 0.4) is 0 Å². The topological polar surface area (TPSA) is 9.23 Å². The Kier molecular flexibility index (Phi) is 3.67. The number of benzene rings is 1. The molecule has 0 heterocycles. The van der Waals surface area contributed by atoms with Crippen molar-refractivity contribution in [3.8, 4) is 0 Å². The number of hydrogen-bond donors (Lipinski definition) is 0. The van der Waals surface area contributed by atoms with Gasteiger partial charge in [-0.05, 0) is 0 Å². The summed E-state index contributed by atoms with van der Waals surface area (Å²) in [4.78, 5) is 0. The molecule has 0 saturated carbocycles. The van der Waals surface area contributed by atoms with Crippen molar-refractivity contribution in [2.75, 3.05) is 0 Å². The average molecular weight is 240 g/mol. The summed E-state index contributed by atoms with van der Waals surface area (Å²) >= 11 is 1.14. The van der Waals surface area contributed by atoms with Gasteiger partial charge in [0.1, 0.15) is 0 Å². The molecule has 0 atom stereocenters. The predicted molar refractivity (Wildman–Crippen MR) is 45.3 cm³/mol. The van der Waals surface area contributed by atoms with E-state index in [2.05, 4.69) is 38.1 Å². The van der Waals surface area contributed by atoms with Crippen LogP contribution in [0.1, 0.15) is 19.4 Å². The zero-order valence-corrected chi connectivity index (χ0v) is 9.96. The van der Waals surface area contributed by atoms with Gasteiger partial charge in [0.05, 0.1) is 0 Å². The zero-order valence-electron chi connectivity index (χ0n) is 7.50. The molecule has 0 saturated heterocycles. The second-order valence-corrected chi connectivity index (χ2v) is 4.03. The Morgan fingerprint density at radius 2 is 1.83 bits per heavy atom. The third-order valence-electron chi connectivity index (χ3n) is 1.75. The van der Waals surface area contributed by atoms with E-state index in [0.717, 1.165) is 31.6 Å². The summed E-state index contributed by atoms with van der Waals surface area (Å²) in [7, 11) is 0. The van der Waals surface area contributed by atoms with E-state index in [-0.39, 0.29) is 5.60 Å². The number of rotatable bonds is 3. The Balaban J connectivity index is 2.64. The van der Waals surface area contributed by atoms with Crippen molar-refractivity contribution in [3.05, 3.63) is 35.9 Å². The first kappa shape index (κ1) is 10.1. The van der Waals surface area contributed by atoms with E-state index < -0.39 is 0 Å². The van der Waals surface area contributed by atoms with Crippen LogP contribution in [0.4, 0.5) is 0 Å². The molecule has 0 aliphatic rings. The maximum atomic E-state index is 5.43. The normalized spacial score (nSPS) is 11.4. The average Bonchev–Trinajstić information content (AvgIpc) is 2.06. The van der Waals surface area contributed by atoms with Gasteiger partial charge in [-0.1, -0.05) is 0 Å². The van der Waals surface area contributed by atoms with Gasteiger partial charge in [-0.2, -0.15) is 0 Å². The van der Waals surface area contributed by atoms with Gasteiger partial charge in [-0.15, -0.1) is 0 Å². The van der Waals surface area contributed by atoms with E-state index in [4.69, 9.17) is 2.81 Å². The minimum absolute atomic E-state index is 0.0142. The van der Waals surface area contributed by atoms with Crippen LogP contribution in [0.2, 0.25) is 0 Å². The first-order chi connectivity index (χ1) is 5.64. The summed E-state index contributed by atoms with van der Waals surface area (Å²) in [5.41, 5.74) is 1.32. The second-order valence-electron chi connectivity index (χ2n) is 3.52.